The van der Waals surface area contributed by atoms with Crippen LogP contribution in [-0.4, -0.2) is 6.29 Å². The van der Waals surface area contributed by atoms with Crippen LogP contribution in [0.2, 0.25) is 0 Å². The zero-order valence-corrected chi connectivity index (χ0v) is 8.79. The van der Waals surface area contributed by atoms with E-state index in [9.17, 15) is 0 Å². The van der Waals surface area contributed by atoms with Gasteiger partial charge < -0.3 is 10.5 Å². The van der Waals surface area contributed by atoms with Gasteiger partial charge in [0.2, 0.25) is 0 Å². The van der Waals surface area contributed by atoms with Crippen molar-refractivity contribution >= 4 is 6.29 Å². The molecule has 1 aliphatic rings. The van der Waals surface area contributed by atoms with E-state index in [0.29, 0.717) is 6.04 Å². The summed E-state index contributed by atoms with van der Waals surface area (Å²) in [6.45, 7) is 3.57. The molecule has 2 heteroatoms. The molecule has 0 spiro atoms. The minimum absolute atomic E-state index is 0.297. The summed E-state index contributed by atoms with van der Waals surface area (Å²) in [4.78, 5) is 8.81. The summed E-state index contributed by atoms with van der Waals surface area (Å²) in [7, 11) is 0. The normalized spacial score (nSPS) is 18.1. The highest BCUT2D eigenvalue weighted by molar-refractivity contribution is 5.44. The maximum absolute atomic E-state index is 8.81. The Hall–Kier alpha value is -1.15. The molecule has 1 unspecified atom stereocenters. The van der Waals surface area contributed by atoms with Gasteiger partial charge in [-0.05, 0) is 37.8 Å². The summed E-state index contributed by atoms with van der Waals surface area (Å²) in [5.41, 5.74) is 10.1. The molecule has 2 nitrogen and oxygen atoms in total. The Morgan fingerprint density at radius 2 is 2.14 bits per heavy atom. The number of carbonyl (C=O) groups excluding carboxylic acids is 1. The van der Waals surface area contributed by atoms with E-state index in [2.05, 4.69) is 25.1 Å². The van der Waals surface area contributed by atoms with Crippen molar-refractivity contribution in [3.05, 3.63) is 34.9 Å². The summed E-state index contributed by atoms with van der Waals surface area (Å²) in [6.07, 6.45) is 3.04. The number of aldehydes is 1. The van der Waals surface area contributed by atoms with Crippen molar-refractivity contribution in [3.63, 3.8) is 0 Å². The number of hydrogen-bond acceptors (Lipinski definition) is 2. The van der Waals surface area contributed by atoms with Crippen LogP contribution in [0.15, 0.2) is 18.2 Å². The molecule has 1 atom stereocenters. The average Bonchev–Trinajstić information content (AvgIpc) is 2.49. The van der Waals surface area contributed by atoms with Gasteiger partial charge in [0.15, 0.2) is 0 Å². The Morgan fingerprint density at radius 3 is 2.79 bits per heavy atom. The lowest BCUT2D eigenvalue weighted by Crippen LogP contribution is -2.04. The molecule has 2 N–H and O–H groups in total. The van der Waals surface area contributed by atoms with Crippen LogP contribution in [0.3, 0.4) is 0 Å². The van der Waals surface area contributed by atoms with Crippen LogP contribution in [0.5, 0.6) is 0 Å². The van der Waals surface area contributed by atoms with Crippen LogP contribution in [-0.2, 0) is 11.2 Å². The van der Waals surface area contributed by atoms with Gasteiger partial charge in [-0.25, -0.2) is 0 Å². The van der Waals surface area contributed by atoms with Crippen LogP contribution in [0.1, 0.15) is 36.1 Å². The summed E-state index contributed by atoms with van der Waals surface area (Å²) < 4.78 is 0. The lowest BCUT2D eigenvalue weighted by atomic mass is 10.1. The molecule has 0 saturated carbocycles. The SMILES string of the molecule is CC=O.Cc1ccc2c(c1)CCC2N. The Bertz CT molecular complexity index is 320. The van der Waals surface area contributed by atoms with Gasteiger partial charge in [0, 0.05) is 6.04 Å². The van der Waals surface area contributed by atoms with Gasteiger partial charge in [-0.15, -0.1) is 0 Å². The summed E-state index contributed by atoms with van der Waals surface area (Å²) in [6, 6.07) is 6.86. The highest BCUT2D eigenvalue weighted by Crippen LogP contribution is 2.29. The van der Waals surface area contributed by atoms with Crippen LogP contribution in [0.4, 0.5) is 0 Å². The summed E-state index contributed by atoms with van der Waals surface area (Å²) >= 11 is 0. The first-order valence-corrected chi connectivity index (χ1v) is 4.93. The van der Waals surface area contributed by atoms with E-state index in [0.717, 1.165) is 19.1 Å². The molecule has 2 rings (SSSR count). The van der Waals surface area contributed by atoms with Crippen molar-refractivity contribution in [1.29, 1.82) is 0 Å². The van der Waals surface area contributed by atoms with E-state index in [-0.39, 0.29) is 0 Å². The molecule has 0 radical (unpaired) electrons. The topological polar surface area (TPSA) is 43.1 Å². The predicted molar refractivity (Wildman–Crippen MR) is 58.2 cm³/mol. The summed E-state index contributed by atoms with van der Waals surface area (Å²) in [5, 5.41) is 0. The van der Waals surface area contributed by atoms with Crippen molar-refractivity contribution in [1.82, 2.24) is 0 Å². The fourth-order valence-electron chi connectivity index (χ4n) is 1.78. The van der Waals surface area contributed by atoms with Crippen LogP contribution < -0.4 is 5.73 Å². The zero-order chi connectivity index (χ0) is 10.6. The quantitative estimate of drug-likeness (QED) is 0.638. The van der Waals surface area contributed by atoms with E-state index in [1.54, 1.807) is 0 Å². The van der Waals surface area contributed by atoms with Gasteiger partial charge in [-0.3, -0.25) is 0 Å². The van der Waals surface area contributed by atoms with Crippen molar-refractivity contribution in [2.45, 2.75) is 32.7 Å². The molecule has 0 saturated heterocycles. The zero-order valence-electron chi connectivity index (χ0n) is 8.79. The molecule has 1 aromatic carbocycles. The van der Waals surface area contributed by atoms with E-state index in [1.807, 2.05) is 0 Å². The monoisotopic (exact) mass is 191 g/mol. The fraction of sp³-hybridized carbons (Fsp3) is 0.417. The number of benzene rings is 1. The third kappa shape index (κ3) is 2.42. The number of hydrogen-bond donors (Lipinski definition) is 1. The second-order valence-corrected chi connectivity index (χ2v) is 3.58. The first kappa shape index (κ1) is 10.9. The van der Waals surface area contributed by atoms with Gasteiger partial charge in [-0.1, -0.05) is 23.8 Å². The van der Waals surface area contributed by atoms with E-state index in [4.69, 9.17) is 10.5 Å². The molecule has 14 heavy (non-hydrogen) atoms. The Morgan fingerprint density at radius 1 is 1.50 bits per heavy atom. The van der Waals surface area contributed by atoms with Gasteiger partial charge in [0.1, 0.15) is 6.29 Å². The second-order valence-electron chi connectivity index (χ2n) is 3.58. The number of rotatable bonds is 0. The standard InChI is InChI=1S/C10H13N.C2H4O/c1-7-2-4-9-8(6-7)3-5-10(9)11;1-2-3/h2,4,6,10H,3,5,11H2,1H3;2H,1H3. The second kappa shape index (κ2) is 4.91. The van der Waals surface area contributed by atoms with Crippen molar-refractivity contribution in [2.75, 3.05) is 0 Å². The number of fused-ring (bicyclic) bond motifs is 1. The number of nitrogens with two attached hydrogens (primary N) is 1. The van der Waals surface area contributed by atoms with Crippen molar-refractivity contribution in [2.24, 2.45) is 5.73 Å². The first-order chi connectivity index (χ1) is 6.69. The minimum atomic E-state index is 0.297. The van der Waals surface area contributed by atoms with Gasteiger partial charge in [0.05, 0.1) is 0 Å². The molecule has 0 amide bonds. The molecule has 1 aromatic rings. The van der Waals surface area contributed by atoms with Crippen molar-refractivity contribution < 1.29 is 4.79 Å². The van der Waals surface area contributed by atoms with Crippen LogP contribution >= 0.6 is 0 Å². The Balaban J connectivity index is 0.000000293. The first-order valence-electron chi connectivity index (χ1n) is 4.93. The average molecular weight is 191 g/mol. The van der Waals surface area contributed by atoms with Crippen LogP contribution in [0.25, 0.3) is 0 Å². The molecule has 76 valence electrons. The molecule has 0 fully saturated rings. The van der Waals surface area contributed by atoms with E-state index in [1.165, 1.54) is 23.6 Å². The largest absolute Gasteiger partial charge is 0.324 e. The lowest BCUT2D eigenvalue weighted by molar-refractivity contribution is -0.106. The lowest BCUT2D eigenvalue weighted by Gasteiger charge is -2.03. The highest BCUT2D eigenvalue weighted by Gasteiger charge is 2.17. The maximum atomic E-state index is 8.81. The molecular formula is C12H17NO. The number of aryl methyl sites for hydroxylation is 2. The van der Waals surface area contributed by atoms with Crippen molar-refractivity contribution in [3.8, 4) is 0 Å². The summed E-state index contributed by atoms with van der Waals surface area (Å²) in [5.74, 6) is 0. The predicted octanol–water partition coefficient (Wildman–Crippen LogP) is 2.15. The van der Waals surface area contributed by atoms with Gasteiger partial charge >= 0.3 is 0 Å². The maximum Gasteiger partial charge on any atom is 0.116 e. The molecule has 0 aliphatic heterocycles. The highest BCUT2D eigenvalue weighted by atomic mass is 16.1. The third-order valence-electron chi connectivity index (χ3n) is 2.42. The smallest absolute Gasteiger partial charge is 0.116 e. The van der Waals surface area contributed by atoms with Gasteiger partial charge in [0.25, 0.3) is 0 Å². The van der Waals surface area contributed by atoms with E-state index >= 15 is 0 Å². The Kier molecular flexibility index (Phi) is 3.84. The fourth-order valence-corrected chi connectivity index (χ4v) is 1.78. The molecular weight excluding hydrogens is 174 g/mol. The minimum Gasteiger partial charge on any atom is -0.324 e. The van der Waals surface area contributed by atoms with Gasteiger partial charge in [-0.2, -0.15) is 0 Å². The third-order valence-corrected chi connectivity index (χ3v) is 2.42. The molecule has 0 bridgehead atoms. The Labute approximate surface area is 85.1 Å². The molecule has 0 heterocycles. The molecule has 0 aromatic heterocycles. The van der Waals surface area contributed by atoms with E-state index < -0.39 is 0 Å². The molecule has 1 aliphatic carbocycles. The van der Waals surface area contributed by atoms with Crippen LogP contribution in [0, 0.1) is 6.92 Å². The number of carbonyl (C=O) groups is 1.